The Morgan fingerprint density at radius 3 is 2.24 bits per heavy atom. The number of nitrogens with zero attached hydrogens (tertiary/aromatic N) is 1. The van der Waals surface area contributed by atoms with Crippen LogP contribution in [0.3, 0.4) is 0 Å². The highest BCUT2D eigenvalue weighted by atomic mass is 32.2. The molecule has 3 aromatic carbocycles. The summed E-state index contributed by atoms with van der Waals surface area (Å²) in [7, 11) is -3.89. The molecule has 0 bridgehead atoms. The zero-order valence-electron chi connectivity index (χ0n) is 19.2. The van der Waals surface area contributed by atoms with Gasteiger partial charge in [0.15, 0.2) is 0 Å². The van der Waals surface area contributed by atoms with Gasteiger partial charge in [0.25, 0.3) is 10.0 Å². The van der Waals surface area contributed by atoms with Crippen LogP contribution in [0.1, 0.15) is 22.3 Å². The van der Waals surface area contributed by atoms with E-state index in [1.807, 2.05) is 26.0 Å². The summed E-state index contributed by atoms with van der Waals surface area (Å²) in [6, 6.07) is 22.1. The maximum atomic E-state index is 13.4. The van der Waals surface area contributed by atoms with Crippen molar-refractivity contribution in [3.05, 3.63) is 95.1 Å². The van der Waals surface area contributed by atoms with Crippen molar-refractivity contribution in [2.75, 3.05) is 23.1 Å². The molecule has 0 aliphatic carbocycles. The molecule has 0 radical (unpaired) electrons. The van der Waals surface area contributed by atoms with E-state index in [2.05, 4.69) is 36.5 Å². The predicted molar refractivity (Wildman–Crippen MR) is 137 cm³/mol. The number of anilines is 1. The average molecular weight is 483 g/mol. The maximum absolute atomic E-state index is 13.4. The number of rotatable bonds is 10. The SMILES string of the molecule is Cc1ccc(CSCCNC(=O)CN(c2ccc(C)cc2C)S(=O)(=O)c2ccccc2)cc1. The van der Waals surface area contributed by atoms with Gasteiger partial charge in [-0.15, -0.1) is 0 Å². The number of sulfonamides is 1. The Morgan fingerprint density at radius 2 is 1.58 bits per heavy atom. The van der Waals surface area contributed by atoms with Crippen molar-refractivity contribution in [1.29, 1.82) is 0 Å². The minimum atomic E-state index is -3.89. The number of aryl methyl sites for hydroxylation is 3. The Morgan fingerprint density at radius 1 is 0.909 bits per heavy atom. The summed E-state index contributed by atoms with van der Waals surface area (Å²) in [5, 5.41) is 2.87. The standard InChI is InChI=1S/C26H30N2O3S2/c1-20-9-12-23(13-10-20)19-32-16-15-27-26(29)18-28(25-14-11-21(2)17-22(25)3)33(30,31)24-7-5-4-6-8-24/h4-14,17H,15-16,18-19H2,1-3H3,(H,27,29). The summed E-state index contributed by atoms with van der Waals surface area (Å²) in [6.45, 7) is 6.07. The Kier molecular flexibility index (Phi) is 8.58. The van der Waals surface area contributed by atoms with Crippen LogP contribution in [-0.2, 0) is 20.6 Å². The van der Waals surface area contributed by atoms with Crippen molar-refractivity contribution in [2.45, 2.75) is 31.4 Å². The van der Waals surface area contributed by atoms with Gasteiger partial charge in [-0.25, -0.2) is 8.42 Å². The topological polar surface area (TPSA) is 66.5 Å². The third kappa shape index (κ3) is 6.85. The molecule has 0 unspecified atom stereocenters. The van der Waals surface area contributed by atoms with E-state index >= 15 is 0 Å². The van der Waals surface area contributed by atoms with Crippen LogP contribution in [0.2, 0.25) is 0 Å². The van der Waals surface area contributed by atoms with Gasteiger partial charge in [-0.1, -0.05) is 65.7 Å². The number of carbonyl (C=O) groups is 1. The van der Waals surface area contributed by atoms with Gasteiger partial charge in [0.05, 0.1) is 10.6 Å². The predicted octanol–water partition coefficient (Wildman–Crippen LogP) is 4.86. The fraction of sp³-hybridized carbons (Fsp3) is 0.269. The first-order valence-electron chi connectivity index (χ1n) is 10.8. The van der Waals surface area contributed by atoms with E-state index in [-0.39, 0.29) is 17.3 Å². The van der Waals surface area contributed by atoms with Crippen LogP contribution in [0, 0.1) is 20.8 Å². The monoisotopic (exact) mass is 482 g/mol. The molecule has 0 atom stereocenters. The summed E-state index contributed by atoms with van der Waals surface area (Å²) in [5.74, 6) is 1.28. The smallest absolute Gasteiger partial charge is 0.264 e. The summed E-state index contributed by atoms with van der Waals surface area (Å²) in [5.41, 5.74) is 4.81. The molecule has 0 aliphatic heterocycles. The van der Waals surface area contributed by atoms with E-state index in [0.29, 0.717) is 12.2 Å². The highest BCUT2D eigenvalue weighted by Crippen LogP contribution is 2.27. The lowest BCUT2D eigenvalue weighted by Crippen LogP contribution is -2.41. The number of thioether (sulfide) groups is 1. The molecular weight excluding hydrogens is 452 g/mol. The van der Waals surface area contributed by atoms with E-state index in [0.717, 1.165) is 22.6 Å². The van der Waals surface area contributed by atoms with Crippen LogP contribution in [0.4, 0.5) is 5.69 Å². The molecule has 1 N–H and O–H groups in total. The van der Waals surface area contributed by atoms with Crippen molar-refractivity contribution in [1.82, 2.24) is 5.32 Å². The number of nitrogens with one attached hydrogen (secondary N) is 1. The Hall–Kier alpha value is -2.77. The van der Waals surface area contributed by atoms with Gasteiger partial charge in [-0.3, -0.25) is 9.10 Å². The second-order valence-corrected chi connectivity index (χ2v) is 11.0. The Bertz CT molecular complexity index is 1180. The average Bonchev–Trinajstić information content (AvgIpc) is 2.79. The zero-order chi connectivity index (χ0) is 23.8. The van der Waals surface area contributed by atoms with Crippen molar-refractivity contribution >= 4 is 33.4 Å². The van der Waals surface area contributed by atoms with Crippen LogP contribution in [0.15, 0.2) is 77.7 Å². The molecule has 33 heavy (non-hydrogen) atoms. The minimum Gasteiger partial charge on any atom is -0.354 e. The van der Waals surface area contributed by atoms with Crippen molar-refractivity contribution in [2.24, 2.45) is 0 Å². The molecule has 0 spiro atoms. The summed E-state index contributed by atoms with van der Waals surface area (Å²) in [4.78, 5) is 12.9. The first kappa shape index (κ1) is 24.9. The van der Waals surface area contributed by atoms with Crippen LogP contribution in [-0.4, -0.2) is 33.2 Å². The molecule has 1 amide bonds. The van der Waals surface area contributed by atoms with Gasteiger partial charge in [-0.05, 0) is 50.1 Å². The summed E-state index contributed by atoms with van der Waals surface area (Å²) >= 11 is 1.73. The fourth-order valence-electron chi connectivity index (χ4n) is 3.43. The molecule has 0 aromatic heterocycles. The fourth-order valence-corrected chi connectivity index (χ4v) is 5.75. The second kappa shape index (κ2) is 11.4. The van der Waals surface area contributed by atoms with Gasteiger partial charge in [0, 0.05) is 18.1 Å². The van der Waals surface area contributed by atoms with E-state index in [1.54, 1.807) is 48.2 Å². The van der Waals surface area contributed by atoms with E-state index < -0.39 is 10.0 Å². The van der Waals surface area contributed by atoms with Gasteiger partial charge in [-0.2, -0.15) is 11.8 Å². The zero-order valence-corrected chi connectivity index (χ0v) is 20.9. The molecular formula is C26H30N2O3S2. The van der Waals surface area contributed by atoms with Crippen LogP contribution < -0.4 is 9.62 Å². The quantitative estimate of drug-likeness (QED) is 0.419. The molecule has 7 heteroatoms. The van der Waals surface area contributed by atoms with Gasteiger partial charge in [0.1, 0.15) is 6.54 Å². The number of carbonyl (C=O) groups excluding carboxylic acids is 1. The molecule has 0 fully saturated rings. The largest absolute Gasteiger partial charge is 0.354 e. The first-order chi connectivity index (χ1) is 15.8. The van der Waals surface area contributed by atoms with E-state index in [9.17, 15) is 13.2 Å². The van der Waals surface area contributed by atoms with E-state index in [1.165, 1.54) is 15.4 Å². The summed E-state index contributed by atoms with van der Waals surface area (Å²) < 4.78 is 28.0. The lowest BCUT2D eigenvalue weighted by atomic mass is 10.1. The van der Waals surface area contributed by atoms with Crippen LogP contribution in [0.25, 0.3) is 0 Å². The molecule has 5 nitrogen and oxygen atoms in total. The number of benzene rings is 3. The third-order valence-corrected chi connectivity index (χ3v) is 8.00. The maximum Gasteiger partial charge on any atom is 0.264 e. The lowest BCUT2D eigenvalue weighted by molar-refractivity contribution is -0.119. The molecule has 0 aliphatic rings. The lowest BCUT2D eigenvalue weighted by Gasteiger charge is -2.26. The molecule has 0 saturated carbocycles. The van der Waals surface area contributed by atoms with Crippen molar-refractivity contribution < 1.29 is 13.2 Å². The van der Waals surface area contributed by atoms with Gasteiger partial charge < -0.3 is 5.32 Å². The Labute approximate surface area is 201 Å². The first-order valence-corrected chi connectivity index (χ1v) is 13.4. The normalized spacial score (nSPS) is 11.2. The van der Waals surface area contributed by atoms with Crippen molar-refractivity contribution in [3.63, 3.8) is 0 Å². The number of amides is 1. The van der Waals surface area contributed by atoms with Gasteiger partial charge >= 0.3 is 0 Å². The second-order valence-electron chi connectivity index (χ2n) is 8.00. The highest BCUT2D eigenvalue weighted by Gasteiger charge is 2.28. The van der Waals surface area contributed by atoms with Crippen molar-refractivity contribution in [3.8, 4) is 0 Å². The molecule has 3 rings (SSSR count). The molecule has 3 aromatic rings. The van der Waals surface area contributed by atoms with Crippen LogP contribution in [0.5, 0.6) is 0 Å². The number of hydrogen-bond donors (Lipinski definition) is 1. The Balaban J connectivity index is 1.65. The molecule has 0 saturated heterocycles. The molecule has 174 valence electrons. The van der Waals surface area contributed by atoms with Crippen LogP contribution >= 0.6 is 11.8 Å². The molecule has 0 heterocycles. The van der Waals surface area contributed by atoms with Gasteiger partial charge in [0.2, 0.25) is 5.91 Å². The highest BCUT2D eigenvalue weighted by molar-refractivity contribution is 7.98. The summed E-state index contributed by atoms with van der Waals surface area (Å²) in [6.07, 6.45) is 0. The third-order valence-electron chi connectivity index (χ3n) is 5.20. The van der Waals surface area contributed by atoms with E-state index in [4.69, 9.17) is 0 Å². The number of hydrogen-bond acceptors (Lipinski definition) is 4. The minimum absolute atomic E-state index is 0.159.